The van der Waals surface area contributed by atoms with Crippen molar-refractivity contribution in [2.24, 2.45) is 10.9 Å². The van der Waals surface area contributed by atoms with Gasteiger partial charge in [0, 0.05) is 30.6 Å². The van der Waals surface area contributed by atoms with E-state index < -0.39 is 0 Å². The van der Waals surface area contributed by atoms with E-state index in [1.165, 1.54) is 4.88 Å². The minimum Gasteiger partial charge on any atom is -0.496 e. The second-order valence-corrected chi connectivity index (χ2v) is 7.24. The summed E-state index contributed by atoms with van der Waals surface area (Å²) in [4.78, 5) is 5.71. The van der Waals surface area contributed by atoms with Crippen LogP contribution in [0.3, 0.4) is 0 Å². The fourth-order valence-electron chi connectivity index (χ4n) is 2.76. The average molecular weight is 519 g/mol. The van der Waals surface area contributed by atoms with Crippen LogP contribution in [0.4, 0.5) is 0 Å². The Morgan fingerprint density at radius 1 is 1.11 bits per heavy atom. The standard InChI is InChI=1S/C20H29N3O3S.HI/c1-14(9-16-7-6-8-27-16)12-22-20(21-2)23-13-17-18(25-4)10-15(24-3)11-19(17)26-5;/h6-8,10-11,14H,9,12-13H2,1-5H3,(H2,21,22,23);1H. The van der Waals surface area contributed by atoms with Gasteiger partial charge in [-0.2, -0.15) is 0 Å². The Labute approximate surface area is 188 Å². The second kappa shape index (κ2) is 12.7. The summed E-state index contributed by atoms with van der Waals surface area (Å²) in [7, 11) is 6.66. The molecule has 0 saturated carbocycles. The lowest BCUT2D eigenvalue weighted by molar-refractivity contribution is 0.368. The van der Waals surface area contributed by atoms with Gasteiger partial charge in [-0.25, -0.2) is 0 Å². The zero-order chi connectivity index (χ0) is 19.6. The zero-order valence-corrected chi connectivity index (χ0v) is 20.2. The highest BCUT2D eigenvalue weighted by atomic mass is 127. The number of benzene rings is 1. The highest BCUT2D eigenvalue weighted by molar-refractivity contribution is 14.0. The minimum atomic E-state index is 0. The van der Waals surface area contributed by atoms with Crippen molar-refractivity contribution >= 4 is 41.3 Å². The van der Waals surface area contributed by atoms with Gasteiger partial charge in [0.25, 0.3) is 0 Å². The van der Waals surface area contributed by atoms with Crippen molar-refractivity contribution in [1.82, 2.24) is 10.6 Å². The molecule has 1 aromatic heterocycles. The smallest absolute Gasteiger partial charge is 0.191 e. The molecule has 6 nitrogen and oxygen atoms in total. The van der Waals surface area contributed by atoms with Gasteiger partial charge in [0.15, 0.2) is 5.96 Å². The number of nitrogens with zero attached hydrogens (tertiary/aromatic N) is 1. The molecule has 1 aromatic carbocycles. The van der Waals surface area contributed by atoms with Gasteiger partial charge in [0.1, 0.15) is 17.2 Å². The zero-order valence-electron chi connectivity index (χ0n) is 17.1. The van der Waals surface area contributed by atoms with Crippen molar-refractivity contribution in [3.8, 4) is 17.2 Å². The van der Waals surface area contributed by atoms with Gasteiger partial charge < -0.3 is 24.8 Å². The molecule has 0 saturated heterocycles. The molecule has 28 heavy (non-hydrogen) atoms. The maximum atomic E-state index is 5.49. The maximum Gasteiger partial charge on any atom is 0.191 e. The van der Waals surface area contributed by atoms with E-state index in [4.69, 9.17) is 14.2 Å². The monoisotopic (exact) mass is 519 g/mol. The number of guanidine groups is 1. The quantitative estimate of drug-likeness (QED) is 0.299. The maximum absolute atomic E-state index is 5.49. The predicted molar refractivity (Wildman–Crippen MR) is 127 cm³/mol. The number of rotatable bonds is 9. The average Bonchev–Trinajstić information content (AvgIpc) is 3.20. The number of ether oxygens (including phenoxy) is 3. The molecule has 2 N–H and O–H groups in total. The van der Waals surface area contributed by atoms with Crippen molar-refractivity contribution in [3.05, 3.63) is 40.1 Å². The SMILES string of the molecule is CN=C(NCc1c(OC)cc(OC)cc1OC)NCC(C)Cc1cccs1.I. The van der Waals surface area contributed by atoms with Crippen molar-refractivity contribution in [2.75, 3.05) is 34.9 Å². The van der Waals surface area contributed by atoms with E-state index >= 15 is 0 Å². The number of methoxy groups -OCH3 is 3. The third kappa shape index (κ3) is 7.05. The summed E-state index contributed by atoms with van der Waals surface area (Å²) in [5.41, 5.74) is 0.912. The highest BCUT2D eigenvalue weighted by Gasteiger charge is 2.14. The molecule has 0 radical (unpaired) electrons. The van der Waals surface area contributed by atoms with Crippen LogP contribution in [-0.4, -0.2) is 40.9 Å². The lowest BCUT2D eigenvalue weighted by atomic mass is 10.1. The molecule has 2 aromatic rings. The van der Waals surface area contributed by atoms with Crippen LogP contribution in [0.15, 0.2) is 34.6 Å². The van der Waals surface area contributed by atoms with Gasteiger partial charge in [0.05, 0.1) is 33.4 Å². The topological polar surface area (TPSA) is 64.1 Å². The molecule has 1 unspecified atom stereocenters. The molecule has 0 bridgehead atoms. The molecule has 0 fully saturated rings. The molecule has 0 aliphatic heterocycles. The normalized spacial score (nSPS) is 12.0. The van der Waals surface area contributed by atoms with Crippen molar-refractivity contribution in [3.63, 3.8) is 0 Å². The van der Waals surface area contributed by atoms with Crippen LogP contribution in [0, 0.1) is 5.92 Å². The Morgan fingerprint density at radius 3 is 2.29 bits per heavy atom. The van der Waals surface area contributed by atoms with E-state index in [1.807, 2.05) is 12.1 Å². The summed E-state index contributed by atoms with van der Waals surface area (Å²) >= 11 is 1.80. The summed E-state index contributed by atoms with van der Waals surface area (Å²) in [5.74, 6) is 3.36. The minimum absolute atomic E-state index is 0. The van der Waals surface area contributed by atoms with Crippen molar-refractivity contribution in [2.45, 2.75) is 19.9 Å². The number of hydrogen-bond acceptors (Lipinski definition) is 5. The molecule has 0 amide bonds. The molecule has 0 spiro atoms. The Kier molecular flexibility index (Phi) is 11.1. The molecule has 1 atom stereocenters. The van der Waals surface area contributed by atoms with Crippen LogP contribution in [0.1, 0.15) is 17.4 Å². The van der Waals surface area contributed by atoms with Crippen LogP contribution in [-0.2, 0) is 13.0 Å². The first-order valence-electron chi connectivity index (χ1n) is 8.87. The summed E-state index contributed by atoms with van der Waals surface area (Å²) in [6.07, 6.45) is 1.06. The van der Waals surface area contributed by atoms with Crippen LogP contribution < -0.4 is 24.8 Å². The Hall–Kier alpha value is -1.68. The summed E-state index contributed by atoms with van der Waals surface area (Å²) in [6, 6.07) is 7.96. The Balaban J connectivity index is 0.00000392. The predicted octanol–water partition coefficient (Wildman–Crippen LogP) is 3.94. The molecular formula is C20H30IN3O3S. The van der Waals surface area contributed by atoms with Crippen LogP contribution in [0.2, 0.25) is 0 Å². The Bertz CT molecular complexity index is 713. The van der Waals surface area contributed by atoms with Gasteiger partial charge in [0.2, 0.25) is 0 Å². The molecule has 0 aliphatic rings. The second-order valence-electron chi connectivity index (χ2n) is 6.21. The number of nitrogens with one attached hydrogen (secondary N) is 2. The van der Waals surface area contributed by atoms with Gasteiger partial charge in [-0.1, -0.05) is 13.0 Å². The van der Waals surface area contributed by atoms with Crippen LogP contribution in [0.5, 0.6) is 17.2 Å². The fourth-order valence-corrected chi connectivity index (χ4v) is 3.63. The van der Waals surface area contributed by atoms with Gasteiger partial charge in [-0.3, -0.25) is 4.99 Å². The lowest BCUT2D eigenvalue weighted by Gasteiger charge is -2.18. The molecule has 8 heteroatoms. The molecule has 0 aliphatic carbocycles. The summed E-state index contributed by atoms with van der Waals surface area (Å²) in [6.45, 7) is 3.60. The van der Waals surface area contributed by atoms with Crippen LogP contribution in [0.25, 0.3) is 0 Å². The van der Waals surface area contributed by atoms with Gasteiger partial charge >= 0.3 is 0 Å². The lowest BCUT2D eigenvalue weighted by Crippen LogP contribution is -2.39. The number of thiophene rings is 1. The van der Waals surface area contributed by atoms with E-state index in [0.29, 0.717) is 29.7 Å². The summed E-state index contributed by atoms with van der Waals surface area (Å²) in [5, 5.41) is 8.83. The van der Waals surface area contributed by atoms with E-state index in [-0.39, 0.29) is 24.0 Å². The molecule has 156 valence electrons. The van der Waals surface area contributed by atoms with E-state index in [1.54, 1.807) is 39.7 Å². The van der Waals surface area contributed by atoms with Gasteiger partial charge in [-0.15, -0.1) is 35.3 Å². The van der Waals surface area contributed by atoms with Crippen LogP contribution >= 0.6 is 35.3 Å². The highest BCUT2D eigenvalue weighted by Crippen LogP contribution is 2.33. The first-order valence-corrected chi connectivity index (χ1v) is 9.75. The number of hydrogen-bond donors (Lipinski definition) is 2. The largest absolute Gasteiger partial charge is 0.496 e. The number of halogens is 1. The first-order chi connectivity index (χ1) is 13.1. The van der Waals surface area contributed by atoms with Crippen molar-refractivity contribution < 1.29 is 14.2 Å². The third-order valence-corrected chi connectivity index (χ3v) is 5.12. The van der Waals surface area contributed by atoms with E-state index in [9.17, 15) is 0 Å². The summed E-state index contributed by atoms with van der Waals surface area (Å²) < 4.78 is 16.3. The molecule has 2 rings (SSSR count). The first kappa shape index (κ1) is 24.4. The van der Waals surface area contributed by atoms with E-state index in [2.05, 4.69) is 40.1 Å². The molecular weight excluding hydrogens is 489 g/mol. The van der Waals surface area contributed by atoms with Gasteiger partial charge in [-0.05, 0) is 23.8 Å². The third-order valence-electron chi connectivity index (χ3n) is 4.22. The van der Waals surface area contributed by atoms with Crippen molar-refractivity contribution in [1.29, 1.82) is 0 Å². The Morgan fingerprint density at radius 2 is 1.79 bits per heavy atom. The fraction of sp³-hybridized carbons (Fsp3) is 0.450. The number of aliphatic imine (C=N–C) groups is 1. The molecule has 1 heterocycles. The van der Waals surface area contributed by atoms with E-state index in [0.717, 1.165) is 24.5 Å².